The Morgan fingerprint density at radius 3 is 3.00 bits per heavy atom. The summed E-state index contributed by atoms with van der Waals surface area (Å²) in [6, 6.07) is 4.49. The molecule has 1 saturated heterocycles. The van der Waals surface area contributed by atoms with Crippen LogP contribution >= 0.6 is 11.8 Å². The van der Waals surface area contributed by atoms with Crippen molar-refractivity contribution in [3.8, 4) is 0 Å². The highest BCUT2D eigenvalue weighted by Crippen LogP contribution is 2.28. The zero-order valence-electron chi connectivity index (χ0n) is 11.1. The number of carbonyl (C=O) groups is 1. The molecule has 3 nitrogen and oxygen atoms in total. The van der Waals surface area contributed by atoms with Crippen LogP contribution in [0.4, 0.5) is 10.1 Å². The summed E-state index contributed by atoms with van der Waals surface area (Å²) in [4.78, 5) is 11.5. The lowest BCUT2D eigenvalue weighted by Gasteiger charge is -2.30. The van der Waals surface area contributed by atoms with Crippen molar-refractivity contribution in [1.82, 2.24) is 0 Å². The monoisotopic (exact) mass is 283 g/mol. The lowest BCUT2D eigenvalue weighted by Crippen LogP contribution is -2.33. The number of ether oxygens (including phenoxy) is 1. The Kier molecular flexibility index (Phi) is 4.69. The molecule has 1 heterocycles. The average Bonchev–Trinajstić information content (AvgIpc) is 2.42. The van der Waals surface area contributed by atoms with E-state index in [1.807, 2.05) is 11.8 Å². The third-order valence-electron chi connectivity index (χ3n) is 3.34. The summed E-state index contributed by atoms with van der Waals surface area (Å²) in [5.74, 6) is 0.369. The van der Waals surface area contributed by atoms with Gasteiger partial charge in [0.1, 0.15) is 5.82 Å². The Bertz CT molecular complexity index is 467. The Balaban J connectivity index is 2.16. The van der Waals surface area contributed by atoms with Gasteiger partial charge in [0, 0.05) is 11.3 Å². The molecule has 5 heteroatoms. The van der Waals surface area contributed by atoms with Crippen molar-refractivity contribution in [2.45, 2.75) is 31.1 Å². The molecule has 0 saturated carbocycles. The number of anilines is 1. The molecule has 104 valence electrons. The SMILES string of the molecule is COC(=O)c1ccc(F)c(NC2CCCSC2C)c1. The lowest BCUT2D eigenvalue weighted by molar-refractivity contribution is 0.0600. The quantitative estimate of drug-likeness (QED) is 0.864. The number of halogens is 1. The molecule has 1 fully saturated rings. The number of methoxy groups -OCH3 is 1. The smallest absolute Gasteiger partial charge is 0.337 e. The van der Waals surface area contributed by atoms with Gasteiger partial charge >= 0.3 is 5.97 Å². The first-order valence-electron chi connectivity index (χ1n) is 6.38. The molecule has 1 aliphatic rings. The maximum Gasteiger partial charge on any atom is 0.337 e. The van der Waals surface area contributed by atoms with Crippen LogP contribution in [-0.4, -0.2) is 30.1 Å². The molecule has 2 unspecified atom stereocenters. The van der Waals surface area contributed by atoms with Gasteiger partial charge in [-0.2, -0.15) is 11.8 Å². The first-order valence-corrected chi connectivity index (χ1v) is 7.42. The van der Waals surface area contributed by atoms with Gasteiger partial charge in [0.15, 0.2) is 0 Å². The number of rotatable bonds is 3. The topological polar surface area (TPSA) is 38.3 Å². The molecule has 1 aliphatic heterocycles. The van der Waals surface area contributed by atoms with E-state index < -0.39 is 5.97 Å². The van der Waals surface area contributed by atoms with Gasteiger partial charge in [-0.1, -0.05) is 6.92 Å². The Hall–Kier alpha value is -1.23. The van der Waals surface area contributed by atoms with Crippen LogP contribution in [0.25, 0.3) is 0 Å². The summed E-state index contributed by atoms with van der Waals surface area (Å²) in [5, 5.41) is 3.65. The highest BCUT2D eigenvalue weighted by molar-refractivity contribution is 8.00. The number of esters is 1. The van der Waals surface area contributed by atoms with Crippen LogP contribution in [0.1, 0.15) is 30.1 Å². The van der Waals surface area contributed by atoms with E-state index >= 15 is 0 Å². The molecule has 0 aliphatic carbocycles. The molecule has 0 aromatic heterocycles. The second kappa shape index (κ2) is 6.28. The van der Waals surface area contributed by atoms with E-state index in [9.17, 15) is 9.18 Å². The van der Waals surface area contributed by atoms with Crippen molar-refractivity contribution in [2.24, 2.45) is 0 Å². The molecule has 1 aromatic rings. The third kappa shape index (κ3) is 3.41. The van der Waals surface area contributed by atoms with E-state index in [2.05, 4.69) is 17.0 Å². The fraction of sp³-hybridized carbons (Fsp3) is 0.500. The second-order valence-corrected chi connectivity index (χ2v) is 6.14. The van der Waals surface area contributed by atoms with Crippen molar-refractivity contribution in [3.05, 3.63) is 29.6 Å². The van der Waals surface area contributed by atoms with Gasteiger partial charge < -0.3 is 10.1 Å². The number of thioether (sulfide) groups is 1. The van der Waals surface area contributed by atoms with Gasteiger partial charge in [-0.15, -0.1) is 0 Å². The number of hydrogen-bond donors (Lipinski definition) is 1. The Morgan fingerprint density at radius 2 is 2.32 bits per heavy atom. The summed E-state index contributed by atoms with van der Waals surface area (Å²) in [6.45, 7) is 2.14. The van der Waals surface area contributed by atoms with Crippen LogP contribution in [0.5, 0.6) is 0 Å². The molecule has 2 atom stereocenters. The zero-order chi connectivity index (χ0) is 13.8. The molecule has 2 rings (SSSR count). The summed E-state index contributed by atoms with van der Waals surface area (Å²) >= 11 is 1.89. The summed E-state index contributed by atoms with van der Waals surface area (Å²) in [7, 11) is 1.32. The minimum atomic E-state index is -0.450. The van der Waals surface area contributed by atoms with Crippen LogP contribution in [0.15, 0.2) is 18.2 Å². The number of carbonyl (C=O) groups excluding carboxylic acids is 1. The summed E-state index contributed by atoms with van der Waals surface area (Å²) in [6.07, 6.45) is 2.15. The van der Waals surface area contributed by atoms with E-state index in [-0.39, 0.29) is 11.9 Å². The predicted molar refractivity (Wildman–Crippen MR) is 76.3 cm³/mol. The van der Waals surface area contributed by atoms with Crippen molar-refractivity contribution < 1.29 is 13.9 Å². The molecular formula is C14H18FNO2S. The molecule has 0 amide bonds. The Morgan fingerprint density at radius 1 is 1.53 bits per heavy atom. The predicted octanol–water partition coefficient (Wildman–Crippen LogP) is 3.31. The third-order valence-corrected chi connectivity index (χ3v) is 4.71. The average molecular weight is 283 g/mol. The van der Waals surface area contributed by atoms with Gasteiger partial charge in [-0.05, 0) is 36.8 Å². The van der Waals surface area contributed by atoms with Crippen LogP contribution in [0.3, 0.4) is 0 Å². The fourth-order valence-corrected chi connectivity index (χ4v) is 3.33. The maximum atomic E-state index is 13.8. The molecule has 0 radical (unpaired) electrons. The molecule has 1 N–H and O–H groups in total. The summed E-state index contributed by atoms with van der Waals surface area (Å²) < 4.78 is 18.4. The minimum absolute atomic E-state index is 0.237. The van der Waals surface area contributed by atoms with E-state index in [1.54, 1.807) is 0 Å². The fourth-order valence-electron chi connectivity index (χ4n) is 2.19. The van der Waals surface area contributed by atoms with Crippen LogP contribution in [0.2, 0.25) is 0 Å². The second-order valence-electron chi connectivity index (χ2n) is 4.66. The van der Waals surface area contributed by atoms with Gasteiger partial charge in [0.2, 0.25) is 0 Å². The molecule has 0 spiro atoms. The van der Waals surface area contributed by atoms with E-state index in [1.165, 1.54) is 25.3 Å². The van der Waals surface area contributed by atoms with Crippen molar-refractivity contribution in [3.63, 3.8) is 0 Å². The highest BCUT2D eigenvalue weighted by atomic mass is 32.2. The Labute approximate surface area is 116 Å². The zero-order valence-corrected chi connectivity index (χ0v) is 11.9. The minimum Gasteiger partial charge on any atom is -0.465 e. The normalized spacial score (nSPS) is 22.9. The van der Waals surface area contributed by atoms with Gasteiger partial charge in [0.05, 0.1) is 18.4 Å². The molecule has 19 heavy (non-hydrogen) atoms. The summed E-state index contributed by atoms with van der Waals surface area (Å²) in [5.41, 5.74) is 0.741. The molecular weight excluding hydrogens is 265 g/mol. The molecule has 0 bridgehead atoms. The molecule has 1 aromatic carbocycles. The number of nitrogens with one attached hydrogen (secondary N) is 1. The van der Waals surface area contributed by atoms with Crippen molar-refractivity contribution in [1.29, 1.82) is 0 Å². The lowest BCUT2D eigenvalue weighted by atomic mass is 10.1. The van der Waals surface area contributed by atoms with Crippen molar-refractivity contribution >= 4 is 23.4 Å². The van der Waals surface area contributed by atoms with Crippen LogP contribution in [0, 0.1) is 5.82 Å². The van der Waals surface area contributed by atoms with Crippen LogP contribution in [-0.2, 0) is 4.74 Å². The number of benzene rings is 1. The number of hydrogen-bond acceptors (Lipinski definition) is 4. The van der Waals surface area contributed by atoms with Gasteiger partial charge in [0.25, 0.3) is 0 Å². The standard InChI is InChI=1S/C14H18FNO2S/c1-9-12(4-3-7-19-9)16-13-8-10(14(17)18-2)5-6-11(13)15/h5-6,8-9,12,16H,3-4,7H2,1-2H3. The van der Waals surface area contributed by atoms with Crippen molar-refractivity contribution in [2.75, 3.05) is 18.2 Å². The van der Waals surface area contributed by atoms with E-state index in [0.29, 0.717) is 16.5 Å². The van der Waals surface area contributed by atoms with Crippen LogP contribution < -0.4 is 5.32 Å². The first-order chi connectivity index (χ1) is 9.11. The van der Waals surface area contributed by atoms with Gasteiger partial charge in [-0.3, -0.25) is 0 Å². The van der Waals surface area contributed by atoms with Gasteiger partial charge in [-0.25, -0.2) is 9.18 Å². The first kappa shape index (κ1) is 14.2. The van der Waals surface area contributed by atoms with E-state index in [0.717, 1.165) is 18.6 Å². The van der Waals surface area contributed by atoms with E-state index in [4.69, 9.17) is 0 Å². The maximum absolute atomic E-state index is 13.8. The largest absolute Gasteiger partial charge is 0.465 e. The highest BCUT2D eigenvalue weighted by Gasteiger charge is 2.22.